The summed E-state index contributed by atoms with van der Waals surface area (Å²) in [6.07, 6.45) is 13.8. The largest absolute Gasteiger partial charge is 0.384 e. The number of aliphatic imine (C=N–C) groups is 1. The van der Waals surface area contributed by atoms with Crippen LogP contribution in [0.4, 0.5) is 0 Å². The number of nitrogens with zero attached hydrogens (tertiary/aromatic N) is 1. The Morgan fingerprint density at radius 3 is 2.74 bits per heavy atom. The Morgan fingerprint density at radius 2 is 2.11 bits per heavy atom. The summed E-state index contributed by atoms with van der Waals surface area (Å²) in [5.74, 6) is 1.44. The summed E-state index contributed by atoms with van der Waals surface area (Å²) in [5, 5.41) is 12.4. The maximum absolute atomic E-state index is 6.09. The van der Waals surface area contributed by atoms with Crippen molar-refractivity contribution in [2.75, 3.05) is 4.93 Å². The van der Waals surface area contributed by atoms with Gasteiger partial charge in [0.05, 0.1) is 11.4 Å². The highest BCUT2D eigenvalue weighted by molar-refractivity contribution is 5.97. The van der Waals surface area contributed by atoms with E-state index in [2.05, 4.69) is 57.7 Å². The summed E-state index contributed by atoms with van der Waals surface area (Å²) in [7, 11) is 0. The minimum absolute atomic E-state index is 0.106. The summed E-state index contributed by atoms with van der Waals surface area (Å²) in [6.45, 7) is 6.36. The van der Waals surface area contributed by atoms with E-state index in [4.69, 9.17) is 11.1 Å². The zero-order chi connectivity index (χ0) is 19.8. The smallest absolute Gasteiger partial charge is 0.301 e. The number of rotatable bonds is 8. The third kappa shape index (κ3) is 5.95. The topological polar surface area (TPSA) is 88.0 Å². The molecule has 0 saturated carbocycles. The van der Waals surface area contributed by atoms with Gasteiger partial charge in [-0.15, -0.1) is 0 Å². The van der Waals surface area contributed by atoms with Crippen LogP contribution in [0, 0.1) is 5.92 Å². The molecular formula is C21H30IN5+2. The van der Waals surface area contributed by atoms with E-state index in [0.29, 0.717) is 17.6 Å². The molecule has 2 aliphatic heterocycles. The molecule has 0 saturated heterocycles. The lowest BCUT2D eigenvalue weighted by molar-refractivity contribution is -0.557. The molecule has 0 unspecified atom stereocenters. The van der Waals surface area contributed by atoms with Gasteiger partial charge in [0.2, 0.25) is 0 Å². The second-order valence-corrected chi connectivity index (χ2v) is 8.53. The van der Waals surface area contributed by atoms with Crippen LogP contribution >= 0.6 is 0 Å². The van der Waals surface area contributed by atoms with Crippen LogP contribution < -0.4 is 43.0 Å². The molecular weight excluding hydrogens is 449 g/mol. The summed E-state index contributed by atoms with van der Waals surface area (Å²) < 4.78 is 2.40. The number of hydrogen-bond acceptors (Lipinski definition) is 3. The number of alkyl halides is 1. The fourth-order valence-corrected chi connectivity index (χ4v) is 4.18. The average Bonchev–Trinajstić information content (AvgIpc) is 2.65. The van der Waals surface area contributed by atoms with Crippen LogP contribution in [-0.2, 0) is 0 Å². The summed E-state index contributed by atoms with van der Waals surface area (Å²) in [5.41, 5.74) is 11.7. The fourth-order valence-electron chi connectivity index (χ4n) is 2.75. The maximum atomic E-state index is 6.09. The Morgan fingerprint density at radius 1 is 1.33 bits per heavy atom. The van der Waals surface area contributed by atoms with E-state index in [-0.39, 0.29) is 21.2 Å². The molecule has 0 aliphatic carbocycles. The molecule has 5 nitrogen and oxygen atoms in total. The predicted octanol–water partition coefficient (Wildman–Crippen LogP) is -1.14. The number of dihydropyridines is 2. The van der Waals surface area contributed by atoms with Crippen molar-refractivity contribution in [3.05, 3.63) is 68.5 Å². The molecule has 27 heavy (non-hydrogen) atoms. The van der Waals surface area contributed by atoms with Gasteiger partial charge in [-0.05, 0) is 42.2 Å². The van der Waals surface area contributed by atoms with Gasteiger partial charge in [-0.2, -0.15) is 0 Å². The highest BCUT2D eigenvalue weighted by Crippen LogP contribution is 2.24. The van der Waals surface area contributed by atoms with Crippen LogP contribution in [0.15, 0.2) is 73.5 Å². The van der Waals surface area contributed by atoms with Gasteiger partial charge in [0, 0.05) is 17.3 Å². The second-order valence-electron chi connectivity index (χ2n) is 6.66. The molecule has 0 aromatic rings. The number of hydrogen-bond donors (Lipinski definition) is 4. The number of nitrogens with two attached hydrogens (primary N) is 2. The first-order valence-electron chi connectivity index (χ1n) is 9.14. The number of halogens is 1. The zero-order valence-electron chi connectivity index (χ0n) is 16.5. The van der Waals surface area contributed by atoms with Crippen LogP contribution in [0.25, 0.3) is 0 Å². The Hall–Kier alpha value is -2.09. The highest BCUT2D eigenvalue weighted by atomic mass is 127. The summed E-state index contributed by atoms with van der Waals surface area (Å²) in [4.78, 5) is 6.77. The minimum atomic E-state index is 0.106. The fraction of sp³-hybridized carbons (Fsp3) is 0.333. The molecule has 0 atom stereocenters. The summed E-state index contributed by atoms with van der Waals surface area (Å²) >= 11 is 0.106. The van der Waals surface area contributed by atoms with E-state index < -0.39 is 0 Å². The van der Waals surface area contributed by atoms with Gasteiger partial charge in [0.15, 0.2) is 10.3 Å². The van der Waals surface area contributed by atoms with E-state index in [1.54, 1.807) is 6.21 Å². The molecule has 0 fully saturated rings. The maximum Gasteiger partial charge on any atom is 0.301 e. The predicted molar refractivity (Wildman–Crippen MR) is 110 cm³/mol. The molecule has 0 radical (unpaired) electrons. The molecule has 0 spiro atoms. The van der Waals surface area contributed by atoms with Crippen LogP contribution in [0.3, 0.4) is 0 Å². The lowest BCUT2D eigenvalue weighted by atomic mass is 10.00. The standard InChI is InChI=1S/C21H29IN5/c1-5-6-15(11-22-4)17-9-19-18(25-13-17)7-8-21(26-19)27-20(24)10-16(12-23)14(2)3/h7-14,23,25-26H,5-6H2,1-4H3,(H2,24,27)/q+1/p+1. The van der Waals surface area contributed by atoms with Gasteiger partial charge < -0.3 is 16.4 Å². The lowest BCUT2D eigenvalue weighted by Crippen LogP contribution is -3.57. The van der Waals surface area contributed by atoms with Crippen LogP contribution in [0.2, 0.25) is 0 Å². The van der Waals surface area contributed by atoms with Gasteiger partial charge in [0.25, 0.3) is 0 Å². The first-order valence-corrected chi connectivity index (χ1v) is 12.5. The lowest BCUT2D eigenvalue weighted by Gasteiger charge is -2.23. The van der Waals surface area contributed by atoms with Crippen LogP contribution in [0.1, 0.15) is 33.6 Å². The van der Waals surface area contributed by atoms with Crippen molar-refractivity contribution in [1.82, 2.24) is 10.6 Å². The third-order valence-corrected chi connectivity index (χ3v) is 5.57. The minimum Gasteiger partial charge on any atom is -0.384 e. The Bertz CT molecular complexity index is 791. The van der Waals surface area contributed by atoms with Gasteiger partial charge in [0.1, 0.15) is 16.6 Å². The molecule has 0 aromatic heterocycles. The molecule has 0 amide bonds. The number of nitrogens with one attached hydrogen (secondary N) is 2. The summed E-state index contributed by atoms with van der Waals surface area (Å²) in [6, 6.07) is 0. The van der Waals surface area contributed by atoms with E-state index in [0.717, 1.165) is 29.8 Å². The normalized spacial score (nSPS) is 17.9. The van der Waals surface area contributed by atoms with Crippen molar-refractivity contribution in [3.63, 3.8) is 0 Å². The van der Waals surface area contributed by atoms with Gasteiger partial charge in [-0.3, -0.25) is 5.41 Å². The molecule has 0 bridgehead atoms. The van der Waals surface area contributed by atoms with E-state index in [1.807, 2.05) is 18.2 Å². The second kappa shape index (κ2) is 10.3. The van der Waals surface area contributed by atoms with E-state index >= 15 is 0 Å². The van der Waals surface area contributed by atoms with Crippen molar-refractivity contribution in [2.45, 2.75) is 33.6 Å². The van der Waals surface area contributed by atoms with Crippen molar-refractivity contribution in [1.29, 1.82) is 0 Å². The monoisotopic (exact) mass is 479 g/mol. The molecule has 0 aromatic carbocycles. The molecule has 6 N–H and O–H groups in total. The van der Waals surface area contributed by atoms with Crippen LogP contribution in [0.5, 0.6) is 0 Å². The third-order valence-electron chi connectivity index (χ3n) is 4.20. The first kappa shape index (κ1) is 21.2. The van der Waals surface area contributed by atoms with Gasteiger partial charge in [-0.25, -0.2) is 4.99 Å². The Labute approximate surface area is 172 Å². The van der Waals surface area contributed by atoms with E-state index in [1.165, 1.54) is 11.1 Å². The van der Waals surface area contributed by atoms with Gasteiger partial charge >= 0.3 is 21.2 Å². The Balaban J connectivity index is 2.22. The number of fused-ring (bicyclic) bond motifs is 1. The van der Waals surface area contributed by atoms with Crippen molar-refractivity contribution < 1.29 is 26.6 Å². The number of amidine groups is 1. The highest BCUT2D eigenvalue weighted by Gasteiger charge is 2.18. The molecule has 2 rings (SSSR count). The van der Waals surface area contributed by atoms with Crippen molar-refractivity contribution in [2.24, 2.45) is 16.6 Å². The van der Waals surface area contributed by atoms with Crippen LogP contribution in [-0.4, -0.2) is 17.0 Å². The SMILES string of the molecule is CCCC(=C[I+]C)C1=CNC2=CC=C(N=C(N)C=C(C=[NH2+])C(C)C)NC2=C1. The first-order chi connectivity index (χ1) is 13.0. The van der Waals surface area contributed by atoms with E-state index in [9.17, 15) is 0 Å². The average molecular weight is 479 g/mol. The quantitative estimate of drug-likeness (QED) is 0.154. The van der Waals surface area contributed by atoms with Crippen molar-refractivity contribution >= 4 is 12.1 Å². The molecule has 6 heteroatoms. The zero-order valence-corrected chi connectivity index (χ0v) is 18.7. The molecule has 2 heterocycles. The molecule has 144 valence electrons. The van der Waals surface area contributed by atoms with Gasteiger partial charge in [-0.1, -0.05) is 27.2 Å². The molecule has 2 aliphatic rings. The van der Waals surface area contributed by atoms with Crippen molar-refractivity contribution in [3.8, 4) is 0 Å². The number of allylic oxidation sites excluding steroid dienone is 6. The Kier molecular flexibility index (Phi) is 8.09.